The van der Waals surface area contributed by atoms with E-state index in [9.17, 15) is 197 Å². The van der Waals surface area contributed by atoms with E-state index in [1.54, 1.807) is 0 Å². The highest BCUT2D eigenvalue weighted by Crippen LogP contribution is 2.45. The number of aliphatic hydroxyl groups excluding tert-OH is 30. The first kappa shape index (κ1) is 123. The zero-order chi connectivity index (χ0) is 110. The lowest BCUT2D eigenvalue weighted by molar-refractivity contribution is -0.402. The molecule has 856 valence electrons. The molecule has 0 aliphatic carbocycles. The van der Waals surface area contributed by atoms with Gasteiger partial charge in [0.15, 0.2) is 50.3 Å². The summed E-state index contributed by atoms with van der Waals surface area (Å²) in [6.45, 7) is -4.34. The first-order valence-electron chi connectivity index (χ1n) is 47.8. The number of aliphatic carboxylic acids is 3. The third-order valence-corrected chi connectivity index (χ3v) is 28.3. The SMILES string of the molecule is CC(=O)N[C@H]1C([C@H](O)[C@H](O)CO)O[C@@](OCC2O[C@@H](O[C@H]3C(O)C(C)[C@H](OC4[C@@H](OCC5O[C@@H](O[C@@H]6C(CO)O[C@@H](O[C@@H]7C(CO)O[C@@H](NC(=O)CC(C)C(=O)O)[C@@H](C)C7O)[C@@H](C)C6O)[C@H](O)C(O[C@H]6O[C@H](CO)[C@@H](O)C(O)C6O[C@@H]6OC(CO)[C@@H](O[C@@H]7OC(CO[C@]8(C(=O)O)C[C@@H](O)[C@@H](NC(C)=O)C([C@H](O)[C@H](O)CO)O8)[C@H](O)[C@H](O)C7O)C(O)[C@@H]6C)[C@@H]5O)OC(CO)[C@@H](O)[C@@H]4O)O[C@H]3CO)[C@@H](O)C(O)[C@H]2O)(C(=O)O)C[C@H]1O. The molecule has 63 heteroatoms. The summed E-state index contributed by atoms with van der Waals surface area (Å²) in [5.41, 5.74) is 0. The number of carbonyl (C=O) groups is 6. The third-order valence-electron chi connectivity index (χ3n) is 28.3. The van der Waals surface area contributed by atoms with Crippen LogP contribution in [0.25, 0.3) is 0 Å². The maximum Gasteiger partial charge on any atom is 0.364 e. The van der Waals surface area contributed by atoms with Crippen molar-refractivity contribution in [2.24, 2.45) is 29.6 Å². The number of ether oxygens (including phenoxy) is 21. The molecule has 11 aliphatic heterocycles. The summed E-state index contributed by atoms with van der Waals surface area (Å²) >= 11 is 0. The Morgan fingerprint density at radius 2 is 0.628 bits per heavy atom. The van der Waals surface area contributed by atoms with Crippen molar-refractivity contribution >= 4 is 35.6 Å². The topological polar surface area (TPSA) is 1000 Å². The van der Waals surface area contributed by atoms with E-state index in [1.165, 1.54) is 34.6 Å². The first-order valence-corrected chi connectivity index (χ1v) is 47.8. The van der Waals surface area contributed by atoms with E-state index in [-0.39, 0.29) is 0 Å². The van der Waals surface area contributed by atoms with Gasteiger partial charge in [0.25, 0.3) is 11.6 Å². The molecule has 0 saturated carbocycles. The largest absolute Gasteiger partial charge is 0.481 e. The fourth-order valence-corrected chi connectivity index (χ4v) is 19.3. The summed E-state index contributed by atoms with van der Waals surface area (Å²) in [5, 5.41) is 375. The summed E-state index contributed by atoms with van der Waals surface area (Å²) in [6.07, 6.45) is -105. The quantitative estimate of drug-likeness (QED) is 0.0270. The Balaban J connectivity index is 0.840. The molecule has 0 aromatic rings. The van der Waals surface area contributed by atoms with E-state index in [0.29, 0.717) is 0 Å². The van der Waals surface area contributed by atoms with Crippen LogP contribution in [-0.4, -0.2) is 601 Å². The summed E-state index contributed by atoms with van der Waals surface area (Å²) < 4.78 is 126. The van der Waals surface area contributed by atoms with Gasteiger partial charge < -0.3 is 284 Å². The van der Waals surface area contributed by atoms with Crippen molar-refractivity contribution in [2.75, 3.05) is 72.7 Å². The van der Waals surface area contributed by atoms with Gasteiger partial charge in [0, 0.05) is 56.8 Å². The van der Waals surface area contributed by atoms with Crippen molar-refractivity contribution in [3.05, 3.63) is 0 Å². The van der Waals surface area contributed by atoms with Gasteiger partial charge in [-0.25, -0.2) is 9.59 Å². The lowest BCUT2D eigenvalue weighted by Gasteiger charge is -2.51. The van der Waals surface area contributed by atoms with Crippen molar-refractivity contribution in [1.82, 2.24) is 16.0 Å². The molecule has 21 unspecified atom stereocenters. The minimum absolute atomic E-state index is 0.525. The standard InChI is InChI=1S/C85H141N3O60/c1-22(73(122)123)8-42(103)88-72-23(2)45(104)63(35(15-93)131-72)140-74-24(3)46(105)66(38(18-96)134-74)143-79-62(121)69(144-81-71(59(118)52(111)34(14-92)133-81)146-76-26(5)48(107)65(37(17-95)136-76)142-78-61(120)57(116)54(113)41(139-78)21-130-85(83(126)127)10-30(100)44(87-28(7)98)68(148-85)50(109)32(102)12-90)55(114)39(137-79)19-128-80-70(58(117)51(110)33(13-91)132-80)145-75-25(4)47(106)64(36(16-94)135-75)141-77-60(119)56(115)53(112)40(138-77)20-129-84(82(124)125)9-29(99)43(86-27(6)97)67(147-84)49(108)31(101)11-89/h22-26,29-41,43-72,74-81,89-96,99-102,104-121H,8-21H2,1-7H3,(H,86,97)(H,87,98)(H,88,103)(H,122,123)(H,124,125)(H,126,127)/t22?,23-,24-,25?,26-,29+,30+,31+,32+,33?,34+,35?,36-,37?,38?,39?,40?,41?,43+,44+,45?,46?,47?,48?,49+,50+,51+,52+,53-,54-,55+,56?,57-,58-,59?,60-,61?,62+,63+,64+,65+,66+,67?,68?,69?,70?,71?,72+,74-,75-,76-,77-,78-,79-,80-,81+,84+,85+/m0/s1. The fourth-order valence-electron chi connectivity index (χ4n) is 19.3. The van der Waals surface area contributed by atoms with E-state index < -0.39 is 482 Å². The van der Waals surface area contributed by atoms with Gasteiger partial charge in [-0.2, -0.15) is 0 Å². The van der Waals surface area contributed by atoms with Crippen molar-refractivity contribution in [3.8, 4) is 0 Å². The number of amides is 3. The van der Waals surface area contributed by atoms with Crippen LogP contribution >= 0.6 is 0 Å². The summed E-state index contributed by atoms with van der Waals surface area (Å²) in [5.74, 6) is -20.7. The van der Waals surface area contributed by atoms with Crippen LogP contribution in [-0.2, 0) is 128 Å². The number of carbonyl (C=O) groups excluding carboxylic acids is 3. The highest BCUT2D eigenvalue weighted by molar-refractivity contribution is 5.82. The molecule has 0 aromatic heterocycles. The molecule has 58 atom stereocenters. The van der Waals surface area contributed by atoms with Gasteiger partial charge in [-0.3, -0.25) is 19.2 Å². The minimum Gasteiger partial charge on any atom is -0.481 e. The van der Waals surface area contributed by atoms with Gasteiger partial charge in [0.05, 0.1) is 127 Å². The van der Waals surface area contributed by atoms with Crippen LogP contribution < -0.4 is 16.0 Å². The Labute approximate surface area is 840 Å². The van der Waals surface area contributed by atoms with Crippen molar-refractivity contribution < 1.29 is 297 Å². The summed E-state index contributed by atoms with van der Waals surface area (Å²) in [7, 11) is 0. The van der Waals surface area contributed by atoms with Crippen LogP contribution in [0, 0.1) is 29.6 Å². The number of carboxylic acids is 3. The van der Waals surface area contributed by atoms with Crippen molar-refractivity contribution in [1.29, 1.82) is 0 Å². The molecule has 3 amide bonds. The molecule has 63 nitrogen and oxygen atoms in total. The maximum absolute atomic E-state index is 13.0. The predicted octanol–water partition coefficient (Wildman–Crippen LogP) is -20.9. The lowest BCUT2D eigenvalue weighted by atomic mass is 9.88. The second-order valence-electron chi connectivity index (χ2n) is 38.7. The zero-order valence-electron chi connectivity index (χ0n) is 80.5. The molecule has 11 rings (SSSR count). The number of hydrogen-bond acceptors (Lipinski definition) is 57. The third kappa shape index (κ3) is 26.9. The Morgan fingerprint density at radius 1 is 0.324 bits per heavy atom. The van der Waals surface area contributed by atoms with Crippen LogP contribution in [0.2, 0.25) is 0 Å². The van der Waals surface area contributed by atoms with Gasteiger partial charge >= 0.3 is 17.9 Å². The predicted molar refractivity (Wildman–Crippen MR) is 460 cm³/mol. The smallest absolute Gasteiger partial charge is 0.364 e. The Morgan fingerprint density at radius 3 is 0.980 bits per heavy atom. The highest BCUT2D eigenvalue weighted by atomic mass is 16.8. The van der Waals surface area contributed by atoms with Gasteiger partial charge in [0.2, 0.25) is 17.7 Å². The Hall–Kier alpha value is -5.22. The van der Waals surface area contributed by atoms with E-state index in [2.05, 4.69) is 16.0 Å². The molecule has 11 fully saturated rings. The number of nitrogens with one attached hydrogen (secondary N) is 3. The van der Waals surface area contributed by atoms with E-state index in [4.69, 9.17) is 99.5 Å². The molecule has 0 spiro atoms. The van der Waals surface area contributed by atoms with Gasteiger partial charge in [0.1, 0.15) is 214 Å². The second kappa shape index (κ2) is 52.8. The van der Waals surface area contributed by atoms with Crippen molar-refractivity contribution in [2.45, 2.75) is 392 Å². The zero-order valence-corrected chi connectivity index (χ0v) is 80.5. The van der Waals surface area contributed by atoms with E-state index in [1.807, 2.05) is 0 Å². The monoisotopic (exact) mass is 2160 g/mol. The average Bonchev–Trinajstić information content (AvgIpc) is 0.762. The normalized spacial score (nSPS) is 47.3. The fraction of sp³-hybridized carbons (Fsp3) is 0.929. The second-order valence-corrected chi connectivity index (χ2v) is 38.7. The Kier molecular flexibility index (Phi) is 43.8. The summed E-state index contributed by atoms with van der Waals surface area (Å²) in [4.78, 5) is 74.9. The van der Waals surface area contributed by atoms with E-state index >= 15 is 0 Å². The maximum atomic E-state index is 13.0. The first-order chi connectivity index (χ1) is 69.7. The minimum atomic E-state index is -3.07. The molecule has 11 saturated heterocycles. The van der Waals surface area contributed by atoms with Gasteiger partial charge in [-0.15, -0.1) is 0 Å². The Bertz CT molecular complexity index is 4190. The molecule has 148 heavy (non-hydrogen) atoms. The summed E-state index contributed by atoms with van der Waals surface area (Å²) in [6, 6.07) is -3.32. The average molecular weight is 2170 g/mol. The molecule has 11 heterocycles. The number of aliphatic hydroxyl groups is 30. The molecule has 0 bridgehead atoms. The number of carboxylic acid groups (broad SMARTS) is 3. The van der Waals surface area contributed by atoms with Crippen LogP contribution in [0.4, 0.5) is 0 Å². The molecular formula is C85H141N3O60. The highest BCUT2D eigenvalue weighted by Gasteiger charge is 2.64. The van der Waals surface area contributed by atoms with Crippen LogP contribution in [0.3, 0.4) is 0 Å². The van der Waals surface area contributed by atoms with Crippen LogP contribution in [0.1, 0.15) is 67.7 Å². The molecular weight excluding hydrogens is 2020 g/mol. The molecule has 0 radical (unpaired) electrons. The van der Waals surface area contributed by atoms with Crippen molar-refractivity contribution in [3.63, 3.8) is 0 Å². The van der Waals surface area contributed by atoms with Gasteiger partial charge in [-0.05, 0) is 0 Å². The number of hydrogen-bond donors (Lipinski definition) is 36. The lowest BCUT2D eigenvalue weighted by Crippen LogP contribution is -2.68. The number of rotatable bonds is 43. The van der Waals surface area contributed by atoms with Crippen LogP contribution in [0.5, 0.6) is 0 Å². The molecule has 0 aromatic carbocycles. The van der Waals surface area contributed by atoms with Gasteiger partial charge in [-0.1, -0.05) is 34.6 Å². The molecule has 11 aliphatic rings. The van der Waals surface area contributed by atoms with Crippen LogP contribution in [0.15, 0.2) is 0 Å². The van der Waals surface area contributed by atoms with E-state index in [0.717, 1.165) is 13.8 Å². The molecule has 36 N–H and O–H groups in total.